The van der Waals surface area contributed by atoms with E-state index >= 15 is 0 Å². The van der Waals surface area contributed by atoms with Crippen LogP contribution in [0.2, 0.25) is 0 Å². The Morgan fingerprint density at radius 2 is 1.83 bits per heavy atom. The first-order valence-electron chi connectivity index (χ1n) is 6.90. The van der Waals surface area contributed by atoms with E-state index in [1.807, 2.05) is 0 Å². The molecule has 23 heavy (non-hydrogen) atoms. The summed E-state index contributed by atoms with van der Waals surface area (Å²) in [7, 11) is 0. The first kappa shape index (κ1) is 15.2. The van der Waals surface area contributed by atoms with Gasteiger partial charge in [-0.15, -0.1) is 0 Å². The summed E-state index contributed by atoms with van der Waals surface area (Å²) in [6.45, 7) is -0.256. The molecule has 6 heteroatoms. The Kier molecular flexibility index (Phi) is 4.34. The highest BCUT2D eigenvalue weighted by atomic mass is 32.2. The standard InChI is InChI=1S/C17H12N2O3S/c20-14(12-6-2-1-3-7-12)11-19-16(21)15(23-17(19)22)10-13-8-4-5-9-18-13/h1-10H,11H2. The summed E-state index contributed by atoms with van der Waals surface area (Å²) in [4.78, 5) is 41.8. The number of benzene rings is 1. The number of carbonyl (C=O) groups excluding carboxylic acids is 3. The van der Waals surface area contributed by atoms with Crippen LogP contribution in [0, 0.1) is 0 Å². The van der Waals surface area contributed by atoms with E-state index in [1.165, 1.54) is 0 Å². The molecule has 5 nitrogen and oxygen atoms in total. The van der Waals surface area contributed by atoms with Crippen LogP contribution < -0.4 is 0 Å². The molecule has 0 bridgehead atoms. The molecule has 1 aliphatic rings. The highest BCUT2D eigenvalue weighted by Crippen LogP contribution is 2.31. The lowest BCUT2D eigenvalue weighted by atomic mass is 10.1. The Labute approximate surface area is 137 Å². The van der Waals surface area contributed by atoms with E-state index in [4.69, 9.17) is 0 Å². The van der Waals surface area contributed by atoms with Crippen LogP contribution in [0.3, 0.4) is 0 Å². The number of hydrogen-bond acceptors (Lipinski definition) is 5. The fourth-order valence-corrected chi connectivity index (χ4v) is 2.91. The van der Waals surface area contributed by atoms with Crippen LogP contribution in [0.15, 0.2) is 59.6 Å². The molecule has 2 amide bonds. The minimum Gasteiger partial charge on any atom is -0.292 e. The molecule has 1 aromatic heterocycles. The second kappa shape index (κ2) is 6.58. The average molecular weight is 324 g/mol. The highest BCUT2D eigenvalue weighted by molar-refractivity contribution is 8.18. The Balaban J connectivity index is 1.77. The lowest BCUT2D eigenvalue weighted by molar-refractivity contribution is -0.122. The monoisotopic (exact) mass is 324 g/mol. The van der Waals surface area contributed by atoms with Crippen molar-refractivity contribution in [2.24, 2.45) is 0 Å². The van der Waals surface area contributed by atoms with Crippen LogP contribution in [-0.2, 0) is 4.79 Å². The van der Waals surface area contributed by atoms with Crippen molar-refractivity contribution >= 4 is 34.8 Å². The topological polar surface area (TPSA) is 67.3 Å². The van der Waals surface area contributed by atoms with Crippen molar-refractivity contribution in [2.45, 2.75) is 0 Å². The molecule has 0 aliphatic carbocycles. The predicted octanol–water partition coefficient (Wildman–Crippen LogP) is 3.00. The smallest absolute Gasteiger partial charge is 0.292 e. The largest absolute Gasteiger partial charge is 0.293 e. The van der Waals surface area contributed by atoms with Crippen molar-refractivity contribution in [3.63, 3.8) is 0 Å². The molecule has 2 heterocycles. The SMILES string of the molecule is O=C(CN1C(=O)SC(=Cc2ccccn2)C1=O)c1ccccc1. The van der Waals surface area contributed by atoms with Gasteiger partial charge in [-0.05, 0) is 30.0 Å². The van der Waals surface area contributed by atoms with Gasteiger partial charge in [0.15, 0.2) is 5.78 Å². The van der Waals surface area contributed by atoms with Crippen LogP contribution in [0.5, 0.6) is 0 Å². The van der Waals surface area contributed by atoms with Crippen molar-refractivity contribution in [3.8, 4) is 0 Å². The number of carbonyl (C=O) groups is 3. The number of rotatable bonds is 4. The summed E-state index contributed by atoms with van der Waals surface area (Å²) >= 11 is 0.820. The fourth-order valence-electron chi connectivity index (χ4n) is 2.09. The number of aromatic nitrogens is 1. The maximum Gasteiger partial charge on any atom is 0.293 e. The maximum absolute atomic E-state index is 12.3. The number of amides is 2. The molecule has 0 N–H and O–H groups in total. The highest BCUT2D eigenvalue weighted by Gasteiger charge is 2.36. The second-order valence-electron chi connectivity index (χ2n) is 4.81. The molecule has 0 saturated carbocycles. The van der Waals surface area contributed by atoms with Gasteiger partial charge in [-0.2, -0.15) is 0 Å². The van der Waals surface area contributed by atoms with Crippen LogP contribution >= 0.6 is 11.8 Å². The van der Waals surface area contributed by atoms with Gasteiger partial charge < -0.3 is 0 Å². The third kappa shape index (κ3) is 3.37. The Morgan fingerprint density at radius 3 is 2.52 bits per heavy atom. The Hall–Kier alpha value is -2.73. The zero-order valence-corrected chi connectivity index (χ0v) is 12.8. The van der Waals surface area contributed by atoms with Gasteiger partial charge in [-0.25, -0.2) is 0 Å². The number of imide groups is 1. The lowest BCUT2D eigenvalue weighted by Gasteiger charge is -2.11. The Morgan fingerprint density at radius 1 is 1.09 bits per heavy atom. The van der Waals surface area contributed by atoms with Gasteiger partial charge in [0.1, 0.15) is 0 Å². The number of hydrogen-bond donors (Lipinski definition) is 0. The summed E-state index contributed by atoms with van der Waals surface area (Å²) in [5.74, 6) is -0.734. The van der Waals surface area contributed by atoms with Gasteiger partial charge in [0.25, 0.3) is 11.1 Å². The number of thioether (sulfide) groups is 1. The van der Waals surface area contributed by atoms with Crippen molar-refractivity contribution < 1.29 is 14.4 Å². The summed E-state index contributed by atoms with van der Waals surface area (Å²) in [5.41, 5.74) is 1.06. The summed E-state index contributed by atoms with van der Waals surface area (Å²) in [5, 5.41) is -0.443. The molecule has 0 atom stereocenters. The molecule has 0 spiro atoms. The van der Waals surface area contributed by atoms with E-state index in [-0.39, 0.29) is 17.2 Å². The van der Waals surface area contributed by atoms with Crippen molar-refractivity contribution in [1.82, 2.24) is 9.88 Å². The molecule has 1 saturated heterocycles. The quantitative estimate of drug-likeness (QED) is 0.639. The van der Waals surface area contributed by atoms with Gasteiger partial charge in [0.05, 0.1) is 17.1 Å². The summed E-state index contributed by atoms with van der Waals surface area (Å²) in [6.07, 6.45) is 3.16. The lowest BCUT2D eigenvalue weighted by Crippen LogP contribution is -2.33. The minimum atomic E-state index is -0.463. The molecule has 114 valence electrons. The number of ketones is 1. The van der Waals surface area contributed by atoms with E-state index < -0.39 is 11.1 Å². The molecule has 0 unspecified atom stereocenters. The molecule has 2 aromatic rings. The van der Waals surface area contributed by atoms with E-state index in [9.17, 15) is 14.4 Å². The Bertz CT molecular complexity index is 788. The molecule has 1 fully saturated rings. The van der Waals surface area contributed by atoms with E-state index in [0.717, 1.165) is 16.7 Å². The maximum atomic E-state index is 12.3. The van der Waals surface area contributed by atoms with Crippen LogP contribution in [-0.4, -0.2) is 33.4 Å². The van der Waals surface area contributed by atoms with E-state index in [1.54, 1.807) is 60.8 Å². The molecular formula is C17H12N2O3S. The van der Waals surface area contributed by atoms with Gasteiger partial charge in [0, 0.05) is 11.8 Å². The van der Waals surface area contributed by atoms with Gasteiger partial charge >= 0.3 is 0 Å². The van der Waals surface area contributed by atoms with Crippen LogP contribution in [0.1, 0.15) is 16.1 Å². The summed E-state index contributed by atoms with van der Waals surface area (Å²) in [6, 6.07) is 13.9. The van der Waals surface area contributed by atoms with Gasteiger partial charge in [-0.3, -0.25) is 24.3 Å². The third-order valence-electron chi connectivity index (χ3n) is 3.24. The second-order valence-corrected chi connectivity index (χ2v) is 5.80. The zero-order chi connectivity index (χ0) is 16.2. The van der Waals surface area contributed by atoms with Gasteiger partial charge in [0.2, 0.25) is 0 Å². The minimum absolute atomic E-state index is 0.256. The molecule has 1 aromatic carbocycles. The van der Waals surface area contributed by atoms with Crippen molar-refractivity contribution in [2.75, 3.05) is 6.54 Å². The molecule has 0 radical (unpaired) electrons. The van der Waals surface area contributed by atoms with E-state index in [2.05, 4.69) is 4.98 Å². The first-order chi connectivity index (χ1) is 11.1. The number of Topliss-reactive ketones (excluding diaryl/α,β-unsaturated/α-hetero) is 1. The average Bonchev–Trinajstić information content (AvgIpc) is 2.84. The molecular weight excluding hydrogens is 312 g/mol. The predicted molar refractivity (Wildman–Crippen MR) is 87.7 cm³/mol. The van der Waals surface area contributed by atoms with Crippen LogP contribution in [0.4, 0.5) is 4.79 Å². The van der Waals surface area contributed by atoms with Crippen molar-refractivity contribution in [1.29, 1.82) is 0 Å². The van der Waals surface area contributed by atoms with Crippen LogP contribution in [0.25, 0.3) is 6.08 Å². The first-order valence-corrected chi connectivity index (χ1v) is 7.71. The zero-order valence-electron chi connectivity index (χ0n) is 12.0. The van der Waals surface area contributed by atoms with E-state index in [0.29, 0.717) is 11.3 Å². The van der Waals surface area contributed by atoms with Gasteiger partial charge in [-0.1, -0.05) is 36.4 Å². The normalized spacial score (nSPS) is 16.2. The fraction of sp³-hybridized carbons (Fsp3) is 0.0588. The van der Waals surface area contributed by atoms with Crippen molar-refractivity contribution in [3.05, 3.63) is 70.9 Å². The third-order valence-corrected chi connectivity index (χ3v) is 4.15. The number of pyridine rings is 1. The summed E-state index contributed by atoms with van der Waals surface area (Å²) < 4.78 is 0. The number of nitrogens with zero attached hydrogens (tertiary/aromatic N) is 2. The molecule has 3 rings (SSSR count). The molecule has 1 aliphatic heterocycles.